The first-order chi connectivity index (χ1) is 5.94. The molecule has 4 atom stereocenters. The number of carbonyl (C=O) groups is 1. The zero-order valence-corrected chi connectivity index (χ0v) is 8.58. The Bertz CT molecular complexity index is 244. The number of hydrogen-bond acceptors (Lipinski definition) is 1. The van der Waals surface area contributed by atoms with Crippen LogP contribution >= 0.6 is 0 Å². The molecule has 0 radical (unpaired) electrons. The van der Waals surface area contributed by atoms with Crippen molar-refractivity contribution in [3.63, 3.8) is 0 Å². The van der Waals surface area contributed by atoms with Gasteiger partial charge >= 0.3 is 5.97 Å². The maximum Gasteiger partial charge on any atom is 0.306 e. The van der Waals surface area contributed by atoms with Crippen LogP contribution in [0, 0.1) is 29.1 Å². The smallest absolute Gasteiger partial charge is 0.306 e. The molecule has 0 aromatic heterocycles. The second-order valence-electron chi connectivity index (χ2n) is 5.43. The number of carboxylic acid groups (broad SMARTS) is 1. The second kappa shape index (κ2) is 2.49. The van der Waals surface area contributed by atoms with Gasteiger partial charge < -0.3 is 5.11 Å². The second-order valence-corrected chi connectivity index (χ2v) is 5.43. The molecule has 0 aromatic rings. The van der Waals surface area contributed by atoms with Gasteiger partial charge in [0.15, 0.2) is 0 Å². The largest absolute Gasteiger partial charge is 0.481 e. The molecular weight excluding hydrogens is 164 g/mol. The highest BCUT2D eigenvalue weighted by Gasteiger charge is 2.61. The fourth-order valence-electron chi connectivity index (χ4n) is 3.21. The van der Waals surface area contributed by atoms with Crippen LogP contribution < -0.4 is 0 Å². The molecule has 0 bridgehead atoms. The Kier molecular flexibility index (Phi) is 1.73. The van der Waals surface area contributed by atoms with Gasteiger partial charge in [0.05, 0.1) is 5.92 Å². The van der Waals surface area contributed by atoms with Crippen LogP contribution in [0.5, 0.6) is 0 Å². The lowest BCUT2D eigenvalue weighted by Crippen LogP contribution is -2.25. The van der Waals surface area contributed by atoms with Crippen LogP contribution in [0.4, 0.5) is 0 Å². The number of carboxylic acids is 1. The Morgan fingerprint density at radius 3 is 2.38 bits per heavy atom. The summed E-state index contributed by atoms with van der Waals surface area (Å²) in [7, 11) is 0. The van der Waals surface area contributed by atoms with E-state index in [0.29, 0.717) is 17.3 Å². The van der Waals surface area contributed by atoms with E-state index in [-0.39, 0.29) is 5.92 Å². The lowest BCUT2D eigenvalue weighted by molar-refractivity contribution is -0.144. The Balaban J connectivity index is 2.09. The minimum Gasteiger partial charge on any atom is -0.481 e. The third-order valence-electron chi connectivity index (χ3n) is 4.43. The van der Waals surface area contributed by atoms with E-state index in [4.69, 9.17) is 5.11 Å². The highest BCUT2D eigenvalue weighted by molar-refractivity contribution is 5.70. The number of fused-ring (bicyclic) bond motifs is 1. The van der Waals surface area contributed by atoms with Crippen molar-refractivity contribution in [2.75, 3.05) is 0 Å². The fraction of sp³-hybridized carbons (Fsp3) is 0.909. The minimum absolute atomic E-state index is 0.0805. The van der Waals surface area contributed by atoms with Crippen LogP contribution in [0.15, 0.2) is 0 Å². The van der Waals surface area contributed by atoms with Gasteiger partial charge in [-0.1, -0.05) is 20.8 Å². The van der Waals surface area contributed by atoms with Gasteiger partial charge in [-0.05, 0) is 36.0 Å². The Hall–Kier alpha value is -0.530. The third kappa shape index (κ3) is 1.18. The molecule has 2 saturated carbocycles. The molecule has 0 amide bonds. The topological polar surface area (TPSA) is 37.3 Å². The summed E-state index contributed by atoms with van der Waals surface area (Å²) in [6.45, 7) is 6.64. The van der Waals surface area contributed by atoms with Crippen LogP contribution in [-0.4, -0.2) is 11.1 Å². The standard InChI is InChI=1S/C11H18O2/c1-6-4-8-9(11(8,2)3)5-7(6)10(12)13/h6-9H,4-5H2,1-3H3,(H,12,13)/t6-,7-,8+,9-/m1/s1. The first-order valence-corrected chi connectivity index (χ1v) is 5.17. The van der Waals surface area contributed by atoms with Crippen molar-refractivity contribution < 1.29 is 9.90 Å². The van der Waals surface area contributed by atoms with Crippen molar-refractivity contribution >= 4 is 5.97 Å². The van der Waals surface area contributed by atoms with Gasteiger partial charge in [-0.25, -0.2) is 0 Å². The van der Waals surface area contributed by atoms with Gasteiger partial charge in [-0.15, -0.1) is 0 Å². The molecule has 0 aromatic carbocycles. The van der Waals surface area contributed by atoms with Crippen molar-refractivity contribution in [1.82, 2.24) is 0 Å². The first kappa shape index (κ1) is 9.04. The predicted molar refractivity (Wildman–Crippen MR) is 50.3 cm³/mol. The summed E-state index contributed by atoms with van der Waals surface area (Å²) in [5, 5.41) is 9.02. The quantitative estimate of drug-likeness (QED) is 0.676. The van der Waals surface area contributed by atoms with Gasteiger partial charge in [0.25, 0.3) is 0 Å². The molecule has 0 spiro atoms. The van der Waals surface area contributed by atoms with Crippen molar-refractivity contribution in [1.29, 1.82) is 0 Å². The van der Waals surface area contributed by atoms with Gasteiger partial charge in [-0.2, -0.15) is 0 Å². The maximum atomic E-state index is 10.9. The molecule has 2 nitrogen and oxygen atoms in total. The van der Waals surface area contributed by atoms with Crippen molar-refractivity contribution in [3.05, 3.63) is 0 Å². The molecule has 0 unspecified atom stereocenters. The SMILES string of the molecule is C[C@@H]1C[C@H]2[C@@H](C[C@H]1C(=O)O)C2(C)C. The van der Waals surface area contributed by atoms with Crippen LogP contribution in [-0.2, 0) is 4.79 Å². The van der Waals surface area contributed by atoms with Crippen LogP contribution in [0.2, 0.25) is 0 Å². The molecule has 2 aliphatic rings. The van der Waals surface area contributed by atoms with E-state index < -0.39 is 5.97 Å². The molecule has 0 heterocycles. The van der Waals surface area contributed by atoms with E-state index in [2.05, 4.69) is 20.8 Å². The Labute approximate surface area is 79.3 Å². The fourth-order valence-corrected chi connectivity index (χ4v) is 3.21. The summed E-state index contributed by atoms with van der Waals surface area (Å²) < 4.78 is 0. The average molecular weight is 182 g/mol. The molecular formula is C11H18O2. The molecule has 2 fully saturated rings. The maximum absolute atomic E-state index is 10.9. The van der Waals surface area contributed by atoms with E-state index in [1.807, 2.05) is 0 Å². The summed E-state index contributed by atoms with van der Waals surface area (Å²) in [6, 6.07) is 0. The molecule has 0 saturated heterocycles. The summed E-state index contributed by atoms with van der Waals surface area (Å²) >= 11 is 0. The molecule has 2 aliphatic carbocycles. The van der Waals surface area contributed by atoms with Gasteiger partial charge in [0, 0.05) is 0 Å². The van der Waals surface area contributed by atoms with Crippen LogP contribution in [0.3, 0.4) is 0 Å². The van der Waals surface area contributed by atoms with E-state index in [1.165, 1.54) is 0 Å². The Morgan fingerprint density at radius 2 is 1.85 bits per heavy atom. The number of aliphatic carboxylic acids is 1. The molecule has 2 heteroatoms. The minimum atomic E-state index is -0.589. The molecule has 74 valence electrons. The highest BCUT2D eigenvalue weighted by Crippen LogP contribution is 2.66. The zero-order chi connectivity index (χ0) is 9.80. The highest BCUT2D eigenvalue weighted by atomic mass is 16.4. The molecule has 0 aliphatic heterocycles. The average Bonchev–Trinajstić information content (AvgIpc) is 2.52. The van der Waals surface area contributed by atoms with E-state index in [9.17, 15) is 4.79 Å². The van der Waals surface area contributed by atoms with E-state index in [0.717, 1.165) is 18.8 Å². The number of hydrogen-bond donors (Lipinski definition) is 1. The van der Waals surface area contributed by atoms with Crippen LogP contribution in [0.25, 0.3) is 0 Å². The Morgan fingerprint density at radius 1 is 1.31 bits per heavy atom. The van der Waals surface area contributed by atoms with Gasteiger partial charge in [-0.3, -0.25) is 4.79 Å². The lowest BCUT2D eigenvalue weighted by atomic mass is 9.81. The van der Waals surface area contributed by atoms with Gasteiger partial charge in [0.2, 0.25) is 0 Å². The monoisotopic (exact) mass is 182 g/mol. The predicted octanol–water partition coefficient (Wildman–Crippen LogP) is 2.39. The zero-order valence-electron chi connectivity index (χ0n) is 8.58. The number of rotatable bonds is 1. The molecule has 13 heavy (non-hydrogen) atoms. The normalized spacial score (nSPS) is 46.7. The van der Waals surface area contributed by atoms with Gasteiger partial charge in [0.1, 0.15) is 0 Å². The third-order valence-corrected chi connectivity index (χ3v) is 4.43. The molecule has 2 rings (SSSR count). The summed E-state index contributed by atoms with van der Waals surface area (Å²) in [5.74, 6) is 1.19. The van der Waals surface area contributed by atoms with Crippen molar-refractivity contribution in [3.8, 4) is 0 Å². The molecule has 1 N–H and O–H groups in total. The summed E-state index contributed by atoms with van der Waals surface area (Å²) in [5.41, 5.74) is 0.429. The van der Waals surface area contributed by atoms with E-state index >= 15 is 0 Å². The van der Waals surface area contributed by atoms with E-state index in [1.54, 1.807) is 0 Å². The van der Waals surface area contributed by atoms with Crippen molar-refractivity contribution in [2.24, 2.45) is 29.1 Å². The summed E-state index contributed by atoms with van der Waals surface area (Å²) in [4.78, 5) is 10.9. The summed E-state index contributed by atoms with van der Waals surface area (Å²) in [6.07, 6.45) is 2.03. The lowest BCUT2D eigenvalue weighted by Gasteiger charge is -2.24. The first-order valence-electron chi connectivity index (χ1n) is 5.17. The van der Waals surface area contributed by atoms with Crippen molar-refractivity contribution in [2.45, 2.75) is 33.6 Å². The van der Waals surface area contributed by atoms with Crippen LogP contribution in [0.1, 0.15) is 33.6 Å².